The molecule has 0 bridgehead atoms. The van der Waals surface area contributed by atoms with Crippen LogP contribution in [0.25, 0.3) is 0 Å². The Bertz CT molecular complexity index is 279. The van der Waals surface area contributed by atoms with E-state index in [4.69, 9.17) is 0 Å². The molecular formula is C7H11IO3S. The molecule has 1 rings (SSSR count). The average molecular weight is 302 g/mol. The second-order valence-electron chi connectivity index (χ2n) is 2.94. The molecule has 0 spiro atoms. The van der Waals surface area contributed by atoms with E-state index in [-0.39, 0.29) is 17.5 Å². The normalized spacial score (nSPS) is 20.5. The number of rotatable bonds is 4. The second-order valence-corrected chi connectivity index (χ2v) is 7.41. The predicted octanol–water partition coefficient (Wildman–Crippen LogP) is 1.16. The number of alkyl halides is 1. The summed E-state index contributed by atoms with van der Waals surface area (Å²) in [7, 11) is -3.17. The van der Waals surface area contributed by atoms with Crippen LogP contribution in [0.3, 0.4) is 0 Å². The molecule has 0 saturated heterocycles. The van der Waals surface area contributed by atoms with Crippen LogP contribution in [0.2, 0.25) is 0 Å². The maximum absolute atomic E-state index is 11.3. The molecule has 1 aliphatic rings. The number of halogens is 1. The van der Waals surface area contributed by atoms with Crippen LogP contribution in [0.4, 0.5) is 0 Å². The molecule has 12 heavy (non-hydrogen) atoms. The lowest BCUT2D eigenvalue weighted by atomic mass is 10.3. The number of carbonyl (C=O) groups excluding carboxylic acids is 1. The van der Waals surface area contributed by atoms with E-state index in [0.29, 0.717) is 0 Å². The largest absolute Gasteiger partial charge is 0.297 e. The van der Waals surface area contributed by atoms with Crippen molar-refractivity contribution in [3.05, 3.63) is 0 Å². The molecule has 0 aromatic carbocycles. The van der Waals surface area contributed by atoms with Gasteiger partial charge in [-0.2, -0.15) is 0 Å². The SMILES string of the molecule is CCS(=O)(=O)C(I)C(=O)C1CC1. The molecule has 0 amide bonds. The summed E-state index contributed by atoms with van der Waals surface area (Å²) in [6.07, 6.45) is 1.75. The molecule has 1 saturated carbocycles. The molecule has 5 heteroatoms. The van der Waals surface area contributed by atoms with Crippen molar-refractivity contribution in [3.8, 4) is 0 Å². The fourth-order valence-corrected chi connectivity index (χ4v) is 3.30. The third kappa shape index (κ3) is 2.18. The summed E-state index contributed by atoms with van der Waals surface area (Å²) in [5, 5.41) is 0. The summed E-state index contributed by atoms with van der Waals surface area (Å²) in [6, 6.07) is 0. The molecule has 0 heterocycles. The standard InChI is InChI=1S/C7H11IO3S/c1-2-12(10,11)7(8)6(9)5-3-4-5/h5,7H,2-4H2,1H3. The van der Waals surface area contributed by atoms with Gasteiger partial charge in [0.25, 0.3) is 0 Å². The monoisotopic (exact) mass is 302 g/mol. The van der Waals surface area contributed by atoms with Gasteiger partial charge in [0, 0.05) is 11.7 Å². The zero-order valence-corrected chi connectivity index (χ0v) is 9.76. The van der Waals surface area contributed by atoms with Gasteiger partial charge in [0.2, 0.25) is 0 Å². The van der Waals surface area contributed by atoms with E-state index in [9.17, 15) is 13.2 Å². The first-order chi connectivity index (χ1) is 5.49. The van der Waals surface area contributed by atoms with Gasteiger partial charge in [0.1, 0.15) is 0 Å². The summed E-state index contributed by atoms with van der Waals surface area (Å²) < 4.78 is 21.7. The van der Waals surface area contributed by atoms with Crippen molar-refractivity contribution in [1.29, 1.82) is 0 Å². The zero-order valence-electron chi connectivity index (χ0n) is 6.79. The molecule has 0 aromatic rings. The fraction of sp³-hybridized carbons (Fsp3) is 0.857. The van der Waals surface area contributed by atoms with Gasteiger partial charge in [-0.15, -0.1) is 0 Å². The Morgan fingerprint density at radius 1 is 1.58 bits per heavy atom. The van der Waals surface area contributed by atoms with Crippen LogP contribution in [0.5, 0.6) is 0 Å². The van der Waals surface area contributed by atoms with Gasteiger partial charge in [0.05, 0.1) is 0 Å². The summed E-state index contributed by atoms with van der Waals surface area (Å²) in [6.45, 7) is 1.57. The quantitative estimate of drug-likeness (QED) is 0.578. The van der Waals surface area contributed by atoms with Crippen molar-refractivity contribution >= 4 is 38.2 Å². The number of Topliss-reactive ketones (excluding diaryl/α,β-unsaturated/α-hetero) is 1. The second kappa shape index (κ2) is 3.61. The Labute approximate surface area is 86.0 Å². The number of sulfone groups is 1. The van der Waals surface area contributed by atoms with Gasteiger partial charge in [-0.3, -0.25) is 4.79 Å². The molecule has 3 nitrogen and oxygen atoms in total. The highest BCUT2D eigenvalue weighted by molar-refractivity contribution is 14.1. The molecule has 70 valence electrons. The van der Waals surface area contributed by atoms with Gasteiger partial charge in [0.15, 0.2) is 18.9 Å². The Morgan fingerprint density at radius 3 is 2.42 bits per heavy atom. The molecule has 0 radical (unpaired) electrons. The number of hydrogen-bond donors (Lipinski definition) is 0. The third-order valence-electron chi connectivity index (χ3n) is 1.92. The topological polar surface area (TPSA) is 51.2 Å². The van der Waals surface area contributed by atoms with Crippen molar-refractivity contribution in [3.63, 3.8) is 0 Å². The lowest BCUT2D eigenvalue weighted by molar-refractivity contribution is -0.118. The summed E-state index contributed by atoms with van der Waals surface area (Å²) in [5.74, 6) is -0.00956. The van der Waals surface area contributed by atoms with Crippen molar-refractivity contribution < 1.29 is 13.2 Å². The zero-order chi connectivity index (χ0) is 9.35. The number of ketones is 1. The van der Waals surface area contributed by atoms with Crippen LogP contribution in [0.1, 0.15) is 19.8 Å². The first-order valence-corrected chi connectivity index (χ1v) is 6.84. The predicted molar refractivity (Wildman–Crippen MR) is 55.0 cm³/mol. The highest BCUT2D eigenvalue weighted by Crippen LogP contribution is 2.34. The maximum atomic E-state index is 11.3. The van der Waals surface area contributed by atoms with Gasteiger partial charge in [-0.1, -0.05) is 29.5 Å². The first kappa shape index (κ1) is 10.4. The van der Waals surface area contributed by atoms with Gasteiger partial charge in [-0.05, 0) is 12.8 Å². The molecule has 1 fully saturated rings. The Hall–Kier alpha value is 0.350. The Balaban J connectivity index is 2.69. The summed E-state index contributed by atoms with van der Waals surface area (Å²) >= 11 is 1.73. The molecule has 0 N–H and O–H groups in total. The van der Waals surface area contributed by atoms with Crippen molar-refractivity contribution in [2.45, 2.75) is 23.0 Å². The molecule has 1 aliphatic carbocycles. The average Bonchev–Trinajstić information content (AvgIpc) is 2.84. The van der Waals surface area contributed by atoms with Crippen LogP contribution in [0.15, 0.2) is 0 Å². The summed E-state index contributed by atoms with van der Waals surface area (Å²) in [5.41, 5.74) is 0. The van der Waals surface area contributed by atoms with E-state index in [0.717, 1.165) is 12.8 Å². The minimum absolute atomic E-state index is 0.0354. The number of hydrogen-bond acceptors (Lipinski definition) is 3. The lowest BCUT2D eigenvalue weighted by Gasteiger charge is -2.06. The molecular weight excluding hydrogens is 291 g/mol. The van der Waals surface area contributed by atoms with E-state index >= 15 is 0 Å². The first-order valence-electron chi connectivity index (χ1n) is 3.88. The maximum Gasteiger partial charge on any atom is 0.171 e. The minimum atomic E-state index is -3.17. The molecule has 1 unspecified atom stereocenters. The van der Waals surface area contributed by atoms with E-state index in [1.54, 1.807) is 29.5 Å². The van der Waals surface area contributed by atoms with Crippen molar-refractivity contribution in [2.75, 3.05) is 5.75 Å². The van der Waals surface area contributed by atoms with Crippen LogP contribution in [-0.2, 0) is 14.6 Å². The third-order valence-corrected chi connectivity index (χ3v) is 6.53. The Kier molecular flexibility index (Phi) is 3.14. The highest BCUT2D eigenvalue weighted by Gasteiger charge is 2.38. The van der Waals surface area contributed by atoms with Gasteiger partial charge in [-0.25, -0.2) is 8.42 Å². The van der Waals surface area contributed by atoms with Crippen molar-refractivity contribution in [2.24, 2.45) is 5.92 Å². The smallest absolute Gasteiger partial charge is 0.171 e. The van der Waals surface area contributed by atoms with Crippen LogP contribution >= 0.6 is 22.6 Å². The Morgan fingerprint density at radius 2 is 2.08 bits per heavy atom. The molecule has 1 atom stereocenters. The van der Waals surface area contributed by atoms with E-state index < -0.39 is 13.1 Å². The van der Waals surface area contributed by atoms with Crippen LogP contribution in [-0.4, -0.2) is 23.2 Å². The van der Waals surface area contributed by atoms with E-state index in [2.05, 4.69) is 0 Å². The van der Waals surface area contributed by atoms with Crippen LogP contribution < -0.4 is 0 Å². The van der Waals surface area contributed by atoms with E-state index in [1.165, 1.54) is 0 Å². The lowest BCUT2D eigenvalue weighted by Crippen LogP contribution is -2.26. The highest BCUT2D eigenvalue weighted by atomic mass is 127. The molecule has 0 aliphatic heterocycles. The minimum Gasteiger partial charge on any atom is -0.297 e. The van der Waals surface area contributed by atoms with E-state index in [1.807, 2.05) is 0 Å². The number of carbonyl (C=O) groups is 1. The fourth-order valence-electron chi connectivity index (χ4n) is 0.876. The van der Waals surface area contributed by atoms with Crippen molar-refractivity contribution in [1.82, 2.24) is 0 Å². The molecule has 0 aromatic heterocycles. The van der Waals surface area contributed by atoms with Gasteiger partial charge >= 0.3 is 0 Å². The van der Waals surface area contributed by atoms with Gasteiger partial charge < -0.3 is 0 Å². The van der Waals surface area contributed by atoms with Crippen LogP contribution in [0, 0.1) is 5.92 Å². The summed E-state index contributed by atoms with van der Waals surface area (Å²) in [4.78, 5) is 11.3.